The standard InChI is InChI=1S/C6H13O4P/c1-5-6(2)10-11(7,8-3)9-4/h5H,1-4H3/b6-5-. The van der Waals surface area contributed by atoms with Gasteiger partial charge >= 0.3 is 7.82 Å². The van der Waals surface area contributed by atoms with Crippen LogP contribution in [0, 0.1) is 0 Å². The Morgan fingerprint density at radius 2 is 1.82 bits per heavy atom. The van der Waals surface area contributed by atoms with Gasteiger partial charge in [0.05, 0.1) is 0 Å². The fourth-order valence-electron chi connectivity index (χ4n) is 0.378. The van der Waals surface area contributed by atoms with E-state index in [2.05, 4.69) is 9.05 Å². The van der Waals surface area contributed by atoms with Gasteiger partial charge in [-0.3, -0.25) is 9.05 Å². The van der Waals surface area contributed by atoms with Crippen LogP contribution in [0.4, 0.5) is 0 Å². The van der Waals surface area contributed by atoms with Crippen LogP contribution in [0.2, 0.25) is 0 Å². The molecular weight excluding hydrogens is 167 g/mol. The maximum Gasteiger partial charge on any atom is 0.529 e. The molecule has 0 saturated heterocycles. The minimum atomic E-state index is -3.32. The maximum absolute atomic E-state index is 11.2. The van der Waals surface area contributed by atoms with Crippen molar-refractivity contribution >= 4 is 7.82 Å². The average molecular weight is 180 g/mol. The van der Waals surface area contributed by atoms with Gasteiger partial charge in [-0.15, -0.1) is 0 Å². The number of phosphoric acid groups is 1. The number of phosphoric ester groups is 1. The van der Waals surface area contributed by atoms with E-state index >= 15 is 0 Å². The van der Waals surface area contributed by atoms with Gasteiger partial charge in [0.1, 0.15) is 5.76 Å². The van der Waals surface area contributed by atoms with E-state index in [0.717, 1.165) is 0 Å². The van der Waals surface area contributed by atoms with Crippen LogP contribution in [0.25, 0.3) is 0 Å². The normalized spacial score (nSPS) is 13.3. The van der Waals surface area contributed by atoms with Crippen LogP contribution >= 0.6 is 7.82 Å². The van der Waals surface area contributed by atoms with E-state index in [9.17, 15) is 4.57 Å². The largest absolute Gasteiger partial charge is 0.529 e. The van der Waals surface area contributed by atoms with Crippen LogP contribution in [0.3, 0.4) is 0 Å². The fourth-order valence-corrected chi connectivity index (χ4v) is 1.13. The highest BCUT2D eigenvalue weighted by Crippen LogP contribution is 2.49. The first kappa shape index (κ1) is 10.7. The molecule has 0 aromatic heterocycles. The van der Waals surface area contributed by atoms with Crippen LogP contribution in [0.1, 0.15) is 13.8 Å². The van der Waals surface area contributed by atoms with Gasteiger partial charge in [0.2, 0.25) is 0 Å². The van der Waals surface area contributed by atoms with Gasteiger partial charge in [0.15, 0.2) is 0 Å². The van der Waals surface area contributed by atoms with Gasteiger partial charge < -0.3 is 4.52 Å². The van der Waals surface area contributed by atoms with Crippen LogP contribution in [0.5, 0.6) is 0 Å². The molecule has 66 valence electrons. The molecule has 0 heterocycles. The Kier molecular flexibility index (Phi) is 4.42. The molecule has 0 atom stereocenters. The molecule has 0 radical (unpaired) electrons. The maximum atomic E-state index is 11.2. The van der Waals surface area contributed by atoms with Gasteiger partial charge in [0, 0.05) is 14.2 Å². The molecule has 5 heteroatoms. The van der Waals surface area contributed by atoms with Gasteiger partial charge in [-0.1, -0.05) is 0 Å². The third-order valence-corrected chi connectivity index (χ3v) is 2.52. The predicted octanol–water partition coefficient (Wildman–Crippen LogP) is 2.33. The molecule has 0 aliphatic rings. The Morgan fingerprint density at radius 1 is 1.36 bits per heavy atom. The SMILES string of the molecule is C/C=C(/C)OP(=O)(OC)OC. The molecule has 4 nitrogen and oxygen atoms in total. The molecule has 0 amide bonds. The summed E-state index contributed by atoms with van der Waals surface area (Å²) < 4.78 is 25.1. The van der Waals surface area contributed by atoms with E-state index in [1.165, 1.54) is 14.2 Å². The third-order valence-electron chi connectivity index (χ3n) is 1.11. The summed E-state index contributed by atoms with van der Waals surface area (Å²) in [6.07, 6.45) is 1.67. The van der Waals surface area contributed by atoms with Crippen molar-refractivity contribution in [3.63, 3.8) is 0 Å². The van der Waals surface area contributed by atoms with Gasteiger partial charge in [0.25, 0.3) is 0 Å². The topological polar surface area (TPSA) is 44.8 Å². The van der Waals surface area contributed by atoms with Crippen LogP contribution in [0.15, 0.2) is 11.8 Å². The molecule has 0 saturated carbocycles. The molecule has 0 spiro atoms. The lowest BCUT2D eigenvalue weighted by atomic mass is 10.5. The second-order valence-electron chi connectivity index (χ2n) is 1.80. The van der Waals surface area contributed by atoms with Crippen molar-refractivity contribution < 1.29 is 18.1 Å². The van der Waals surface area contributed by atoms with Gasteiger partial charge in [-0.2, -0.15) is 0 Å². The lowest BCUT2D eigenvalue weighted by Crippen LogP contribution is -1.92. The lowest BCUT2D eigenvalue weighted by Gasteiger charge is -2.13. The summed E-state index contributed by atoms with van der Waals surface area (Å²) in [5.41, 5.74) is 0. The van der Waals surface area contributed by atoms with Crippen molar-refractivity contribution in [2.24, 2.45) is 0 Å². The zero-order chi connectivity index (χ0) is 8.91. The highest BCUT2D eigenvalue weighted by Gasteiger charge is 2.23. The third kappa shape index (κ3) is 3.56. The summed E-state index contributed by atoms with van der Waals surface area (Å²) in [5, 5.41) is 0. The van der Waals surface area contributed by atoms with E-state index in [4.69, 9.17) is 4.52 Å². The first-order valence-electron chi connectivity index (χ1n) is 3.12. The zero-order valence-corrected chi connectivity index (χ0v) is 8.05. The molecule has 0 bridgehead atoms. The fraction of sp³-hybridized carbons (Fsp3) is 0.667. The molecule has 0 aliphatic heterocycles. The summed E-state index contributed by atoms with van der Waals surface area (Å²) >= 11 is 0. The summed E-state index contributed by atoms with van der Waals surface area (Å²) in [7, 11) is -0.780. The van der Waals surface area contributed by atoms with Crippen molar-refractivity contribution in [1.29, 1.82) is 0 Å². The molecule has 0 aromatic rings. The molecule has 11 heavy (non-hydrogen) atoms. The van der Waals surface area contributed by atoms with Gasteiger partial charge in [-0.25, -0.2) is 4.57 Å². The van der Waals surface area contributed by atoms with E-state index in [0.29, 0.717) is 5.76 Å². The molecule has 0 N–H and O–H groups in total. The minimum absolute atomic E-state index is 0.511. The number of allylic oxidation sites excluding steroid dienone is 2. The van der Waals surface area contributed by atoms with E-state index < -0.39 is 7.82 Å². The van der Waals surface area contributed by atoms with Crippen molar-refractivity contribution in [1.82, 2.24) is 0 Å². The zero-order valence-electron chi connectivity index (χ0n) is 7.16. The van der Waals surface area contributed by atoms with Crippen molar-refractivity contribution in [2.45, 2.75) is 13.8 Å². The Balaban J connectivity index is 4.20. The van der Waals surface area contributed by atoms with E-state index in [1.54, 1.807) is 19.9 Å². The first-order valence-corrected chi connectivity index (χ1v) is 4.58. The van der Waals surface area contributed by atoms with Crippen molar-refractivity contribution in [3.8, 4) is 0 Å². The Bertz CT molecular complexity index is 179. The molecular formula is C6H13O4P. The Hall–Kier alpha value is -0.310. The smallest absolute Gasteiger partial charge is 0.409 e. The summed E-state index contributed by atoms with van der Waals surface area (Å²) in [4.78, 5) is 0. The number of rotatable bonds is 4. The lowest BCUT2D eigenvalue weighted by molar-refractivity contribution is 0.183. The summed E-state index contributed by atoms with van der Waals surface area (Å²) in [5.74, 6) is 0.511. The van der Waals surface area contributed by atoms with Crippen LogP contribution in [-0.4, -0.2) is 14.2 Å². The van der Waals surface area contributed by atoms with Crippen LogP contribution in [-0.2, 0) is 18.1 Å². The number of hydrogen-bond donors (Lipinski definition) is 0. The number of hydrogen-bond acceptors (Lipinski definition) is 4. The second kappa shape index (κ2) is 4.54. The van der Waals surface area contributed by atoms with Crippen molar-refractivity contribution in [3.05, 3.63) is 11.8 Å². The average Bonchev–Trinajstić information content (AvgIpc) is 2.04. The predicted molar refractivity (Wildman–Crippen MR) is 42.1 cm³/mol. The monoisotopic (exact) mass is 180 g/mol. The molecule has 0 rings (SSSR count). The minimum Gasteiger partial charge on any atom is -0.409 e. The van der Waals surface area contributed by atoms with E-state index in [-0.39, 0.29) is 0 Å². The van der Waals surface area contributed by atoms with Gasteiger partial charge in [-0.05, 0) is 19.9 Å². The Labute approximate surface area is 66.8 Å². The highest BCUT2D eigenvalue weighted by molar-refractivity contribution is 7.48. The first-order chi connectivity index (χ1) is 5.08. The summed E-state index contributed by atoms with van der Waals surface area (Å²) in [6.45, 7) is 3.44. The van der Waals surface area contributed by atoms with Crippen LogP contribution < -0.4 is 0 Å². The highest BCUT2D eigenvalue weighted by atomic mass is 31.2. The molecule has 0 aliphatic carbocycles. The molecule has 0 fully saturated rings. The van der Waals surface area contributed by atoms with E-state index in [1.807, 2.05) is 0 Å². The summed E-state index contributed by atoms with van der Waals surface area (Å²) in [6, 6.07) is 0. The quantitative estimate of drug-likeness (QED) is 0.492. The van der Waals surface area contributed by atoms with Crippen molar-refractivity contribution in [2.75, 3.05) is 14.2 Å². The Morgan fingerprint density at radius 3 is 2.09 bits per heavy atom. The molecule has 0 aromatic carbocycles. The molecule has 0 unspecified atom stereocenters. The second-order valence-corrected chi connectivity index (χ2v) is 3.61.